The molecule has 0 bridgehead atoms. The van der Waals surface area contributed by atoms with Crippen molar-refractivity contribution in [3.05, 3.63) is 28.3 Å². The molecular formula is C12H16N4O4S. The Bertz CT molecular complexity index is 681. The highest BCUT2D eigenvalue weighted by Crippen LogP contribution is 2.33. The van der Waals surface area contributed by atoms with Gasteiger partial charge in [-0.15, -0.1) is 0 Å². The van der Waals surface area contributed by atoms with Crippen molar-refractivity contribution >= 4 is 21.4 Å². The van der Waals surface area contributed by atoms with Crippen molar-refractivity contribution in [1.29, 1.82) is 5.26 Å². The summed E-state index contributed by atoms with van der Waals surface area (Å²) in [6.45, 7) is 1.56. The van der Waals surface area contributed by atoms with Crippen LogP contribution in [-0.2, 0) is 10.0 Å². The van der Waals surface area contributed by atoms with Crippen LogP contribution in [0, 0.1) is 21.4 Å². The normalized spacial score (nSPS) is 12.7. The molecule has 8 nitrogen and oxygen atoms in total. The lowest BCUT2D eigenvalue weighted by Crippen LogP contribution is -2.35. The van der Waals surface area contributed by atoms with Crippen molar-refractivity contribution in [1.82, 2.24) is 4.31 Å². The number of hydrogen-bond acceptors (Lipinski definition) is 6. The zero-order valence-corrected chi connectivity index (χ0v) is 12.7. The van der Waals surface area contributed by atoms with Gasteiger partial charge in [-0.05, 0) is 19.1 Å². The van der Waals surface area contributed by atoms with Crippen LogP contribution in [0.1, 0.15) is 13.3 Å². The third-order valence-corrected chi connectivity index (χ3v) is 5.12. The van der Waals surface area contributed by atoms with E-state index in [2.05, 4.69) is 5.32 Å². The molecule has 0 heterocycles. The maximum atomic E-state index is 12.5. The van der Waals surface area contributed by atoms with E-state index >= 15 is 0 Å². The van der Waals surface area contributed by atoms with Gasteiger partial charge in [0.05, 0.1) is 17.4 Å². The first kappa shape index (κ1) is 16.9. The summed E-state index contributed by atoms with van der Waals surface area (Å²) in [5.74, 6) is 0. The van der Waals surface area contributed by atoms with Crippen LogP contribution in [0.4, 0.5) is 11.4 Å². The van der Waals surface area contributed by atoms with E-state index in [1.54, 1.807) is 6.92 Å². The minimum atomic E-state index is -4.07. The van der Waals surface area contributed by atoms with Gasteiger partial charge in [0.25, 0.3) is 0 Å². The number of hydrogen-bond donors (Lipinski definition) is 1. The molecule has 1 unspecified atom stereocenters. The fourth-order valence-corrected chi connectivity index (χ4v) is 3.31. The lowest BCUT2D eigenvalue weighted by Gasteiger charge is -2.22. The van der Waals surface area contributed by atoms with E-state index in [1.807, 2.05) is 6.07 Å². The van der Waals surface area contributed by atoms with Crippen LogP contribution in [0.5, 0.6) is 0 Å². The highest BCUT2D eigenvalue weighted by atomic mass is 32.2. The van der Waals surface area contributed by atoms with E-state index in [1.165, 1.54) is 32.3 Å². The Balaban J connectivity index is 3.46. The Morgan fingerprint density at radius 2 is 2.14 bits per heavy atom. The predicted octanol–water partition coefficient (Wildman–Crippen LogP) is 1.56. The monoisotopic (exact) mass is 312 g/mol. The first-order valence-electron chi connectivity index (χ1n) is 6.07. The summed E-state index contributed by atoms with van der Waals surface area (Å²) in [5.41, 5.74) is -0.390. The molecule has 0 spiro atoms. The zero-order valence-electron chi connectivity index (χ0n) is 11.9. The summed E-state index contributed by atoms with van der Waals surface area (Å²) in [6, 6.07) is 5.33. The Labute approximate surface area is 123 Å². The number of sulfonamides is 1. The minimum Gasteiger partial charge on any atom is -0.383 e. The van der Waals surface area contributed by atoms with Crippen molar-refractivity contribution in [2.75, 3.05) is 19.4 Å². The molecule has 1 rings (SSSR count). The van der Waals surface area contributed by atoms with Gasteiger partial charge in [-0.1, -0.05) is 6.07 Å². The summed E-state index contributed by atoms with van der Waals surface area (Å²) in [6.07, 6.45) is -0.00472. The van der Waals surface area contributed by atoms with Crippen molar-refractivity contribution in [3.63, 3.8) is 0 Å². The van der Waals surface area contributed by atoms with Gasteiger partial charge in [-0.25, -0.2) is 8.42 Å². The summed E-state index contributed by atoms with van der Waals surface area (Å²) >= 11 is 0. The summed E-state index contributed by atoms with van der Waals surface area (Å²) in [7, 11) is -1.30. The fraction of sp³-hybridized carbons (Fsp3) is 0.417. The smallest absolute Gasteiger partial charge is 0.312 e. The zero-order chi connectivity index (χ0) is 16.2. The second-order valence-electron chi connectivity index (χ2n) is 4.39. The van der Waals surface area contributed by atoms with Crippen LogP contribution >= 0.6 is 0 Å². The van der Waals surface area contributed by atoms with Gasteiger partial charge in [0.15, 0.2) is 4.90 Å². The van der Waals surface area contributed by atoms with E-state index in [9.17, 15) is 18.5 Å². The van der Waals surface area contributed by atoms with Crippen LogP contribution in [-0.4, -0.2) is 37.8 Å². The lowest BCUT2D eigenvalue weighted by molar-refractivity contribution is -0.386. The molecule has 0 fully saturated rings. The predicted molar refractivity (Wildman–Crippen MR) is 77.3 cm³/mol. The molecule has 0 saturated carbocycles. The number of para-hydroxylation sites is 1. The summed E-state index contributed by atoms with van der Waals surface area (Å²) in [5, 5.41) is 22.5. The maximum absolute atomic E-state index is 12.5. The molecule has 0 radical (unpaired) electrons. The van der Waals surface area contributed by atoms with Gasteiger partial charge in [-0.2, -0.15) is 9.57 Å². The first-order chi connectivity index (χ1) is 9.77. The summed E-state index contributed by atoms with van der Waals surface area (Å²) < 4.78 is 26.0. The van der Waals surface area contributed by atoms with Gasteiger partial charge >= 0.3 is 5.69 Å². The molecule has 0 aliphatic carbocycles. The molecule has 0 amide bonds. The maximum Gasteiger partial charge on any atom is 0.312 e. The standard InChI is InChI=1S/C12H16N4O4S/c1-9(7-8-13)15(3)21(19,20)11-6-4-5-10(14-2)12(11)16(17)18/h4-6,9,14H,7H2,1-3H3. The van der Waals surface area contributed by atoms with Gasteiger partial charge in [0.1, 0.15) is 5.69 Å². The molecule has 0 aromatic heterocycles. The number of nitrogens with zero attached hydrogens (tertiary/aromatic N) is 3. The number of nitrogens with one attached hydrogen (secondary N) is 1. The molecule has 9 heteroatoms. The molecule has 1 atom stereocenters. The van der Waals surface area contributed by atoms with Gasteiger partial charge < -0.3 is 5.32 Å². The fourth-order valence-electron chi connectivity index (χ4n) is 1.77. The minimum absolute atomic E-state index is 0.00472. The summed E-state index contributed by atoms with van der Waals surface area (Å²) in [4.78, 5) is 10.1. The van der Waals surface area contributed by atoms with Crippen LogP contribution < -0.4 is 5.32 Å². The molecule has 0 aliphatic heterocycles. The van der Waals surface area contributed by atoms with Crippen LogP contribution in [0.25, 0.3) is 0 Å². The largest absolute Gasteiger partial charge is 0.383 e. The second-order valence-corrected chi connectivity index (χ2v) is 6.36. The number of nitro groups is 1. The third kappa shape index (κ3) is 3.29. The Morgan fingerprint density at radius 1 is 1.52 bits per heavy atom. The number of nitriles is 1. The molecule has 1 N–H and O–H groups in total. The Kier molecular flexibility index (Phi) is 5.23. The number of benzene rings is 1. The number of nitro benzene ring substituents is 1. The first-order valence-corrected chi connectivity index (χ1v) is 7.51. The molecule has 21 heavy (non-hydrogen) atoms. The van der Waals surface area contributed by atoms with Crippen molar-refractivity contribution < 1.29 is 13.3 Å². The Hall–Kier alpha value is -2.18. The van der Waals surface area contributed by atoms with E-state index in [0.29, 0.717) is 0 Å². The van der Waals surface area contributed by atoms with Gasteiger partial charge in [0.2, 0.25) is 10.0 Å². The molecule has 1 aromatic rings. The highest BCUT2D eigenvalue weighted by molar-refractivity contribution is 7.89. The van der Waals surface area contributed by atoms with Crippen molar-refractivity contribution in [2.24, 2.45) is 0 Å². The quantitative estimate of drug-likeness (QED) is 0.629. The van der Waals surface area contributed by atoms with E-state index in [0.717, 1.165) is 4.31 Å². The SMILES string of the molecule is CNc1cccc(S(=O)(=O)N(C)C(C)CC#N)c1[N+](=O)[O-]. The van der Waals surface area contributed by atoms with Crippen LogP contribution in [0.15, 0.2) is 23.1 Å². The van der Waals surface area contributed by atoms with E-state index < -0.39 is 31.6 Å². The molecule has 1 aromatic carbocycles. The second kappa shape index (κ2) is 6.51. The van der Waals surface area contributed by atoms with Crippen LogP contribution in [0.3, 0.4) is 0 Å². The number of anilines is 1. The Morgan fingerprint density at radius 3 is 2.62 bits per heavy atom. The molecule has 0 aliphatic rings. The number of rotatable bonds is 6. The highest BCUT2D eigenvalue weighted by Gasteiger charge is 2.33. The third-order valence-electron chi connectivity index (χ3n) is 3.12. The lowest BCUT2D eigenvalue weighted by atomic mass is 10.2. The topological polar surface area (TPSA) is 116 Å². The van der Waals surface area contributed by atoms with Crippen LogP contribution in [0.2, 0.25) is 0 Å². The average molecular weight is 312 g/mol. The van der Waals surface area contributed by atoms with Gasteiger partial charge in [-0.3, -0.25) is 10.1 Å². The average Bonchev–Trinajstić information content (AvgIpc) is 2.45. The van der Waals surface area contributed by atoms with Gasteiger partial charge in [0, 0.05) is 20.1 Å². The van der Waals surface area contributed by atoms with Crippen molar-refractivity contribution in [3.8, 4) is 6.07 Å². The van der Waals surface area contributed by atoms with E-state index in [-0.39, 0.29) is 12.1 Å². The van der Waals surface area contributed by atoms with E-state index in [4.69, 9.17) is 5.26 Å². The molecular weight excluding hydrogens is 296 g/mol. The van der Waals surface area contributed by atoms with Crippen molar-refractivity contribution in [2.45, 2.75) is 24.3 Å². The molecule has 0 saturated heterocycles. The molecule has 114 valence electrons.